The molecular weight excluding hydrogens is 138 g/mol. The zero-order valence-electron chi connectivity index (χ0n) is 7.12. The van der Waals surface area contributed by atoms with Gasteiger partial charge < -0.3 is 10.3 Å². The molecule has 62 valence electrons. The van der Waals surface area contributed by atoms with Gasteiger partial charge in [0.1, 0.15) is 5.82 Å². The van der Waals surface area contributed by atoms with Crippen LogP contribution in [0.15, 0.2) is 12.4 Å². The number of nitrogens with two attached hydrogens (primary N) is 1. The SMILES string of the molecule is CCn1ccnc1C(C)CN. The highest BCUT2D eigenvalue weighted by molar-refractivity contribution is 4.99. The van der Waals surface area contributed by atoms with Crippen LogP contribution in [0.4, 0.5) is 0 Å². The quantitative estimate of drug-likeness (QED) is 0.703. The molecule has 0 fully saturated rings. The van der Waals surface area contributed by atoms with E-state index in [1.165, 1.54) is 0 Å². The van der Waals surface area contributed by atoms with E-state index in [0.29, 0.717) is 12.5 Å². The van der Waals surface area contributed by atoms with Gasteiger partial charge in [0.25, 0.3) is 0 Å². The predicted molar refractivity (Wildman–Crippen MR) is 45.4 cm³/mol. The maximum atomic E-state index is 5.53. The molecule has 1 atom stereocenters. The summed E-state index contributed by atoms with van der Waals surface area (Å²) in [5.74, 6) is 1.46. The molecule has 0 bridgehead atoms. The number of aromatic nitrogens is 2. The minimum Gasteiger partial charge on any atom is -0.335 e. The van der Waals surface area contributed by atoms with Crippen molar-refractivity contribution in [3.8, 4) is 0 Å². The van der Waals surface area contributed by atoms with E-state index < -0.39 is 0 Å². The fourth-order valence-corrected chi connectivity index (χ4v) is 1.12. The molecule has 3 nitrogen and oxygen atoms in total. The Morgan fingerprint density at radius 2 is 2.45 bits per heavy atom. The minimum absolute atomic E-state index is 0.366. The Labute approximate surface area is 67.2 Å². The third kappa shape index (κ3) is 1.60. The molecule has 1 aromatic heterocycles. The summed E-state index contributed by atoms with van der Waals surface area (Å²) in [5, 5.41) is 0. The molecule has 0 saturated carbocycles. The lowest BCUT2D eigenvalue weighted by Gasteiger charge is -2.09. The van der Waals surface area contributed by atoms with Crippen molar-refractivity contribution in [1.29, 1.82) is 0 Å². The van der Waals surface area contributed by atoms with Crippen LogP contribution in [0.5, 0.6) is 0 Å². The molecule has 1 heterocycles. The molecule has 3 heteroatoms. The maximum absolute atomic E-state index is 5.53. The maximum Gasteiger partial charge on any atom is 0.112 e. The topological polar surface area (TPSA) is 43.8 Å². The first-order chi connectivity index (χ1) is 5.29. The van der Waals surface area contributed by atoms with Crippen LogP contribution in [-0.2, 0) is 6.54 Å². The summed E-state index contributed by atoms with van der Waals surface area (Å²) in [7, 11) is 0. The molecule has 11 heavy (non-hydrogen) atoms. The zero-order chi connectivity index (χ0) is 8.27. The van der Waals surface area contributed by atoms with Crippen molar-refractivity contribution in [3.05, 3.63) is 18.2 Å². The molecule has 0 aromatic carbocycles. The van der Waals surface area contributed by atoms with E-state index in [2.05, 4.69) is 23.4 Å². The van der Waals surface area contributed by atoms with Crippen LogP contribution < -0.4 is 5.73 Å². The molecule has 0 aliphatic rings. The smallest absolute Gasteiger partial charge is 0.112 e. The molecule has 1 unspecified atom stereocenters. The number of nitrogens with zero attached hydrogens (tertiary/aromatic N) is 2. The van der Waals surface area contributed by atoms with E-state index in [1.807, 2.05) is 12.4 Å². The highest BCUT2D eigenvalue weighted by atomic mass is 15.1. The van der Waals surface area contributed by atoms with Crippen LogP contribution in [0.25, 0.3) is 0 Å². The van der Waals surface area contributed by atoms with Crippen molar-refractivity contribution in [2.24, 2.45) is 5.73 Å². The molecule has 0 radical (unpaired) electrons. The molecular formula is C8H15N3. The molecule has 0 spiro atoms. The van der Waals surface area contributed by atoms with Gasteiger partial charge >= 0.3 is 0 Å². The van der Waals surface area contributed by atoms with Crippen molar-refractivity contribution >= 4 is 0 Å². The first-order valence-electron chi connectivity index (χ1n) is 4.00. The Hall–Kier alpha value is -0.830. The summed E-state index contributed by atoms with van der Waals surface area (Å²) < 4.78 is 2.12. The molecule has 0 amide bonds. The second kappa shape index (κ2) is 3.53. The Kier molecular flexibility index (Phi) is 2.65. The number of imidazole rings is 1. The first kappa shape index (κ1) is 8.27. The van der Waals surface area contributed by atoms with E-state index in [9.17, 15) is 0 Å². The van der Waals surface area contributed by atoms with Gasteiger partial charge in [0.05, 0.1) is 0 Å². The second-order valence-corrected chi connectivity index (χ2v) is 2.71. The van der Waals surface area contributed by atoms with Crippen molar-refractivity contribution in [3.63, 3.8) is 0 Å². The standard InChI is InChI=1S/C8H15N3/c1-3-11-5-4-10-8(11)7(2)6-9/h4-5,7H,3,6,9H2,1-2H3. The van der Waals surface area contributed by atoms with Crippen LogP contribution in [0, 0.1) is 0 Å². The molecule has 2 N–H and O–H groups in total. The number of hydrogen-bond acceptors (Lipinski definition) is 2. The lowest BCUT2D eigenvalue weighted by atomic mass is 10.2. The van der Waals surface area contributed by atoms with Crippen molar-refractivity contribution in [2.75, 3.05) is 6.54 Å². The van der Waals surface area contributed by atoms with Crippen LogP contribution in [-0.4, -0.2) is 16.1 Å². The van der Waals surface area contributed by atoms with E-state index >= 15 is 0 Å². The van der Waals surface area contributed by atoms with Gasteiger partial charge in [-0.1, -0.05) is 6.92 Å². The highest BCUT2D eigenvalue weighted by Gasteiger charge is 2.07. The van der Waals surface area contributed by atoms with Gasteiger partial charge in [-0.2, -0.15) is 0 Å². The van der Waals surface area contributed by atoms with E-state index in [1.54, 1.807) is 0 Å². The van der Waals surface area contributed by atoms with Crippen LogP contribution in [0.2, 0.25) is 0 Å². The number of rotatable bonds is 3. The lowest BCUT2D eigenvalue weighted by molar-refractivity contribution is 0.627. The van der Waals surface area contributed by atoms with Gasteiger partial charge in [0, 0.05) is 31.4 Å². The van der Waals surface area contributed by atoms with Crippen molar-refractivity contribution in [2.45, 2.75) is 26.3 Å². The van der Waals surface area contributed by atoms with Gasteiger partial charge in [-0.15, -0.1) is 0 Å². The van der Waals surface area contributed by atoms with E-state index in [-0.39, 0.29) is 0 Å². The molecule has 0 aliphatic heterocycles. The summed E-state index contributed by atoms with van der Waals surface area (Å²) in [6, 6.07) is 0. The van der Waals surface area contributed by atoms with Gasteiger partial charge in [-0.3, -0.25) is 0 Å². The Bertz CT molecular complexity index is 217. The summed E-state index contributed by atoms with van der Waals surface area (Å²) in [6.45, 7) is 5.83. The molecule has 1 rings (SSSR count). The summed E-state index contributed by atoms with van der Waals surface area (Å²) >= 11 is 0. The largest absolute Gasteiger partial charge is 0.335 e. The van der Waals surface area contributed by atoms with E-state index in [4.69, 9.17) is 5.73 Å². The Balaban J connectivity index is 2.83. The zero-order valence-corrected chi connectivity index (χ0v) is 7.12. The normalized spacial score (nSPS) is 13.4. The monoisotopic (exact) mass is 153 g/mol. The molecule has 1 aromatic rings. The van der Waals surface area contributed by atoms with Gasteiger partial charge in [0.2, 0.25) is 0 Å². The number of aryl methyl sites for hydroxylation is 1. The molecule has 0 saturated heterocycles. The van der Waals surface area contributed by atoms with Gasteiger partial charge in [-0.25, -0.2) is 4.98 Å². The van der Waals surface area contributed by atoms with Crippen molar-refractivity contribution in [1.82, 2.24) is 9.55 Å². The lowest BCUT2D eigenvalue weighted by Crippen LogP contribution is -2.14. The van der Waals surface area contributed by atoms with Crippen molar-refractivity contribution < 1.29 is 0 Å². The fraction of sp³-hybridized carbons (Fsp3) is 0.625. The van der Waals surface area contributed by atoms with Crippen LogP contribution >= 0.6 is 0 Å². The number of hydrogen-bond donors (Lipinski definition) is 1. The summed E-state index contributed by atoms with van der Waals surface area (Å²) in [5.41, 5.74) is 5.53. The van der Waals surface area contributed by atoms with Gasteiger partial charge in [-0.05, 0) is 6.92 Å². The van der Waals surface area contributed by atoms with Crippen LogP contribution in [0.3, 0.4) is 0 Å². The fourth-order valence-electron chi connectivity index (χ4n) is 1.12. The molecule has 0 aliphatic carbocycles. The average Bonchev–Trinajstić information content (AvgIpc) is 2.50. The van der Waals surface area contributed by atoms with Crippen LogP contribution in [0.1, 0.15) is 25.6 Å². The predicted octanol–water partition coefficient (Wildman–Crippen LogP) is 0.965. The average molecular weight is 153 g/mol. The Morgan fingerprint density at radius 1 is 1.73 bits per heavy atom. The van der Waals surface area contributed by atoms with E-state index in [0.717, 1.165) is 12.4 Å². The summed E-state index contributed by atoms with van der Waals surface area (Å²) in [4.78, 5) is 4.24. The Morgan fingerprint density at radius 3 is 3.00 bits per heavy atom. The first-order valence-corrected chi connectivity index (χ1v) is 4.00. The summed E-state index contributed by atoms with van der Waals surface area (Å²) in [6.07, 6.45) is 3.81. The second-order valence-electron chi connectivity index (χ2n) is 2.71. The third-order valence-corrected chi connectivity index (χ3v) is 1.88. The highest BCUT2D eigenvalue weighted by Crippen LogP contribution is 2.10. The minimum atomic E-state index is 0.366. The van der Waals surface area contributed by atoms with Gasteiger partial charge in [0.15, 0.2) is 0 Å². The third-order valence-electron chi connectivity index (χ3n) is 1.88.